The average Bonchev–Trinajstić information content (AvgIpc) is 2.56. The first-order chi connectivity index (χ1) is 6.35. The maximum Gasteiger partial charge on any atom is 0.103 e. The van der Waals surface area contributed by atoms with E-state index in [2.05, 4.69) is 16.4 Å². The third-order valence-electron chi connectivity index (χ3n) is 2.76. The molecule has 1 saturated carbocycles. The van der Waals surface area contributed by atoms with Crippen LogP contribution in [0.1, 0.15) is 19.3 Å². The number of hydrogen-bond acceptors (Lipinski definition) is 2. The molecule has 0 amide bonds. The molecule has 1 aliphatic carbocycles. The number of hydrogen-bond donors (Lipinski definition) is 2. The largest absolute Gasteiger partial charge is 0.370 e. The molecule has 68 valence electrons. The van der Waals surface area contributed by atoms with Crippen LogP contribution in [0.5, 0.6) is 0 Å². The molecule has 2 rings (SSSR count). The Bertz CT molecular complexity index is 303. The van der Waals surface area contributed by atoms with Crippen molar-refractivity contribution in [3.05, 3.63) is 18.3 Å². The quantitative estimate of drug-likeness (QED) is 0.739. The number of nitrogens with zero attached hydrogens (tertiary/aromatic N) is 1. The summed E-state index contributed by atoms with van der Waals surface area (Å²) >= 11 is 0. The van der Waals surface area contributed by atoms with Gasteiger partial charge in [-0.15, -0.1) is 0 Å². The van der Waals surface area contributed by atoms with Crippen LogP contribution in [0.15, 0.2) is 18.3 Å². The fourth-order valence-corrected chi connectivity index (χ4v) is 1.64. The highest BCUT2D eigenvalue weighted by Gasteiger charge is 2.36. The number of rotatable bonds is 3. The lowest BCUT2D eigenvalue weighted by Gasteiger charge is -2.35. The molecule has 1 heterocycles. The topological polar surface area (TPSA) is 51.6 Å². The summed E-state index contributed by atoms with van der Waals surface area (Å²) in [6.07, 6.45) is 5.15. The Morgan fingerprint density at radius 3 is 2.92 bits per heavy atom. The maximum absolute atomic E-state index is 8.96. The van der Waals surface area contributed by atoms with E-state index in [4.69, 9.17) is 5.26 Å². The number of nitrogens with one attached hydrogen (secondary N) is 2. The second-order valence-electron chi connectivity index (χ2n) is 3.68. The summed E-state index contributed by atoms with van der Waals surface area (Å²) in [4.78, 5) is 3.06. The zero-order chi connectivity index (χ0) is 9.15. The van der Waals surface area contributed by atoms with E-state index in [1.54, 1.807) is 0 Å². The second-order valence-corrected chi connectivity index (χ2v) is 3.68. The molecule has 0 atom stereocenters. The van der Waals surface area contributed by atoms with Crippen LogP contribution in [0.25, 0.3) is 0 Å². The first kappa shape index (κ1) is 8.18. The highest BCUT2D eigenvalue weighted by Crippen LogP contribution is 2.39. The van der Waals surface area contributed by atoms with Gasteiger partial charge in [-0.05, 0) is 25.0 Å². The molecular weight excluding hydrogens is 162 g/mol. The van der Waals surface area contributed by atoms with Crippen molar-refractivity contribution in [1.82, 2.24) is 4.98 Å². The standard InChI is InChI=1S/C10H13N3/c11-7-10(4-2-5-10)8-13-9-3-1-6-12-9/h1,3,6,12-13H,2,4-5,8H2. The summed E-state index contributed by atoms with van der Waals surface area (Å²) in [7, 11) is 0. The smallest absolute Gasteiger partial charge is 0.103 e. The molecule has 0 bridgehead atoms. The van der Waals surface area contributed by atoms with Gasteiger partial charge in [-0.25, -0.2) is 0 Å². The van der Waals surface area contributed by atoms with Crippen LogP contribution < -0.4 is 5.32 Å². The monoisotopic (exact) mass is 175 g/mol. The molecule has 13 heavy (non-hydrogen) atoms. The van der Waals surface area contributed by atoms with Crippen molar-refractivity contribution in [3.63, 3.8) is 0 Å². The minimum absolute atomic E-state index is 0.0922. The first-order valence-electron chi connectivity index (χ1n) is 4.63. The predicted molar refractivity (Wildman–Crippen MR) is 51.2 cm³/mol. The van der Waals surface area contributed by atoms with Gasteiger partial charge in [0.15, 0.2) is 0 Å². The fraction of sp³-hybridized carbons (Fsp3) is 0.500. The first-order valence-corrected chi connectivity index (χ1v) is 4.63. The van der Waals surface area contributed by atoms with Crippen LogP contribution in [0.4, 0.5) is 5.82 Å². The van der Waals surface area contributed by atoms with Crippen molar-refractivity contribution in [2.45, 2.75) is 19.3 Å². The Balaban J connectivity index is 1.89. The molecule has 3 nitrogen and oxygen atoms in total. The van der Waals surface area contributed by atoms with Crippen molar-refractivity contribution in [2.75, 3.05) is 11.9 Å². The summed E-state index contributed by atoms with van der Waals surface area (Å²) in [6, 6.07) is 6.32. The lowest BCUT2D eigenvalue weighted by Crippen LogP contribution is -2.35. The molecule has 0 saturated heterocycles. The van der Waals surface area contributed by atoms with E-state index < -0.39 is 0 Å². The van der Waals surface area contributed by atoms with Crippen molar-refractivity contribution in [2.24, 2.45) is 5.41 Å². The Kier molecular flexibility index (Phi) is 1.97. The van der Waals surface area contributed by atoms with Crippen molar-refractivity contribution >= 4 is 5.82 Å². The normalized spacial score (nSPS) is 18.7. The van der Waals surface area contributed by atoms with E-state index in [0.717, 1.165) is 25.2 Å². The third kappa shape index (κ3) is 1.52. The van der Waals surface area contributed by atoms with E-state index in [1.807, 2.05) is 18.3 Å². The lowest BCUT2D eigenvalue weighted by molar-refractivity contribution is 0.233. The summed E-state index contributed by atoms with van der Waals surface area (Å²) < 4.78 is 0. The number of aromatic nitrogens is 1. The number of H-pyrrole nitrogens is 1. The van der Waals surface area contributed by atoms with Crippen molar-refractivity contribution < 1.29 is 0 Å². The number of anilines is 1. The van der Waals surface area contributed by atoms with Gasteiger partial charge >= 0.3 is 0 Å². The lowest BCUT2D eigenvalue weighted by atomic mass is 9.70. The van der Waals surface area contributed by atoms with Gasteiger partial charge in [-0.3, -0.25) is 0 Å². The molecule has 0 radical (unpaired) electrons. The zero-order valence-electron chi connectivity index (χ0n) is 7.51. The molecule has 0 aromatic carbocycles. The molecule has 3 heteroatoms. The van der Waals surface area contributed by atoms with E-state index >= 15 is 0 Å². The molecule has 1 aliphatic rings. The predicted octanol–water partition coefficient (Wildman–Crippen LogP) is 2.12. The number of aromatic amines is 1. The Morgan fingerprint density at radius 1 is 1.62 bits per heavy atom. The minimum atomic E-state index is -0.0922. The summed E-state index contributed by atoms with van der Waals surface area (Å²) in [6.45, 7) is 0.768. The molecule has 1 aromatic rings. The Morgan fingerprint density at radius 2 is 2.46 bits per heavy atom. The SMILES string of the molecule is N#CC1(CNc2ccc[nH]2)CCC1. The van der Waals surface area contributed by atoms with Gasteiger partial charge in [0.2, 0.25) is 0 Å². The van der Waals surface area contributed by atoms with Crippen LogP contribution in [0.2, 0.25) is 0 Å². The molecule has 0 spiro atoms. The fourth-order valence-electron chi connectivity index (χ4n) is 1.64. The van der Waals surface area contributed by atoms with E-state index in [0.29, 0.717) is 0 Å². The van der Waals surface area contributed by atoms with Gasteiger partial charge in [0.1, 0.15) is 5.82 Å². The average molecular weight is 175 g/mol. The van der Waals surface area contributed by atoms with Crippen LogP contribution in [0.3, 0.4) is 0 Å². The van der Waals surface area contributed by atoms with Gasteiger partial charge in [-0.2, -0.15) is 5.26 Å². The summed E-state index contributed by atoms with van der Waals surface area (Å²) in [5, 5.41) is 12.2. The van der Waals surface area contributed by atoms with Crippen LogP contribution in [-0.4, -0.2) is 11.5 Å². The van der Waals surface area contributed by atoms with E-state index in [1.165, 1.54) is 6.42 Å². The van der Waals surface area contributed by atoms with Crippen LogP contribution >= 0.6 is 0 Å². The molecular formula is C10H13N3. The molecule has 0 unspecified atom stereocenters. The van der Waals surface area contributed by atoms with Gasteiger partial charge < -0.3 is 10.3 Å². The summed E-state index contributed by atoms with van der Waals surface area (Å²) in [5.41, 5.74) is -0.0922. The van der Waals surface area contributed by atoms with Gasteiger partial charge in [-0.1, -0.05) is 6.42 Å². The van der Waals surface area contributed by atoms with Crippen LogP contribution in [-0.2, 0) is 0 Å². The maximum atomic E-state index is 8.96. The molecule has 0 aliphatic heterocycles. The Hall–Kier alpha value is -1.43. The van der Waals surface area contributed by atoms with Gasteiger partial charge in [0.05, 0.1) is 11.5 Å². The zero-order valence-corrected chi connectivity index (χ0v) is 7.51. The van der Waals surface area contributed by atoms with Crippen LogP contribution in [0, 0.1) is 16.7 Å². The van der Waals surface area contributed by atoms with Gasteiger partial charge in [0, 0.05) is 12.7 Å². The minimum Gasteiger partial charge on any atom is -0.370 e. The highest BCUT2D eigenvalue weighted by atomic mass is 15.0. The van der Waals surface area contributed by atoms with Crippen molar-refractivity contribution in [1.29, 1.82) is 5.26 Å². The van der Waals surface area contributed by atoms with E-state index in [9.17, 15) is 0 Å². The Labute approximate surface area is 77.8 Å². The molecule has 1 fully saturated rings. The highest BCUT2D eigenvalue weighted by molar-refractivity contribution is 5.35. The van der Waals surface area contributed by atoms with Gasteiger partial charge in [0.25, 0.3) is 0 Å². The molecule has 1 aromatic heterocycles. The summed E-state index contributed by atoms with van der Waals surface area (Å²) in [5.74, 6) is 1.00. The molecule has 2 N–H and O–H groups in total. The van der Waals surface area contributed by atoms with Crippen molar-refractivity contribution in [3.8, 4) is 6.07 Å². The second kappa shape index (κ2) is 3.14. The number of nitriles is 1. The third-order valence-corrected chi connectivity index (χ3v) is 2.76. The van der Waals surface area contributed by atoms with E-state index in [-0.39, 0.29) is 5.41 Å².